The van der Waals surface area contributed by atoms with E-state index in [-0.39, 0.29) is 18.0 Å². The van der Waals surface area contributed by atoms with E-state index in [1.165, 1.54) is 24.3 Å². The highest BCUT2D eigenvalue weighted by molar-refractivity contribution is 7.51. The summed E-state index contributed by atoms with van der Waals surface area (Å²) in [5, 5.41) is 19.6. The van der Waals surface area contributed by atoms with Gasteiger partial charge < -0.3 is 19.6 Å². The molecule has 1 atom stereocenters. The molecule has 9 heteroatoms. The van der Waals surface area contributed by atoms with Gasteiger partial charge in [-0.2, -0.15) is 0 Å². The molecule has 0 aromatic heterocycles. The average molecular weight is 277 g/mol. The van der Waals surface area contributed by atoms with E-state index in [2.05, 4.69) is 0 Å². The minimum Gasteiger partial charge on any atom is -0.491 e. The molecule has 18 heavy (non-hydrogen) atoms. The monoisotopic (exact) mass is 277 g/mol. The molecule has 0 fully saturated rings. The van der Waals surface area contributed by atoms with Crippen LogP contribution in [0.15, 0.2) is 24.3 Å². The number of nitrogens with zero attached hydrogens (tertiary/aromatic N) is 1. The molecule has 0 spiro atoms. The second-order valence-electron chi connectivity index (χ2n) is 3.56. The first kappa shape index (κ1) is 14.6. The summed E-state index contributed by atoms with van der Waals surface area (Å²) in [6, 6.07) is 5.13. The Balaban J connectivity index is 2.49. The van der Waals surface area contributed by atoms with Gasteiger partial charge in [-0.25, -0.2) is 0 Å². The number of aliphatic hydroxyl groups is 1. The fraction of sp³-hybridized carbons (Fsp3) is 0.333. The predicted molar refractivity (Wildman–Crippen MR) is 61.5 cm³/mol. The van der Waals surface area contributed by atoms with Gasteiger partial charge in [-0.1, -0.05) is 0 Å². The first-order valence-corrected chi connectivity index (χ1v) is 6.67. The van der Waals surface area contributed by atoms with Crippen LogP contribution in [-0.4, -0.2) is 38.7 Å². The largest absolute Gasteiger partial charge is 0.491 e. The Morgan fingerprint density at radius 2 is 1.89 bits per heavy atom. The van der Waals surface area contributed by atoms with Crippen molar-refractivity contribution in [3.05, 3.63) is 34.4 Å². The molecule has 8 nitrogen and oxygen atoms in total. The molecule has 0 bridgehead atoms. The Morgan fingerprint density at radius 3 is 2.33 bits per heavy atom. The first-order valence-electron chi connectivity index (χ1n) is 4.88. The molecule has 1 aromatic rings. The summed E-state index contributed by atoms with van der Waals surface area (Å²) in [4.78, 5) is 27.0. The lowest BCUT2D eigenvalue weighted by Gasteiger charge is -2.12. The van der Waals surface area contributed by atoms with Crippen LogP contribution in [0.4, 0.5) is 5.69 Å². The van der Waals surface area contributed by atoms with Gasteiger partial charge in [0, 0.05) is 12.1 Å². The Labute approximate surface area is 102 Å². The summed E-state index contributed by atoms with van der Waals surface area (Å²) in [6.07, 6.45) is -2.00. The highest BCUT2D eigenvalue weighted by Gasteiger charge is 2.20. The summed E-state index contributed by atoms with van der Waals surface area (Å²) in [5.41, 5.74) is -0.0990. The summed E-state index contributed by atoms with van der Waals surface area (Å²) in [7, 11) is -4.28. The highest BCUT2D eigenvalue weighted by atomic mass is 31.2. The second-order valence-corrected chi connectivity index (χ2v) is 5.26. The van der Waals surface area contributed by atoms with Gasteiger partial charge in [-0.05, 0) is 12.1 Å². The fourth-order valence-electron chi connectivity index (χ4n) is 1.18. The Hall–Kier alpha value is -1.47. The lowest BCUT2D eigenvalue weighted by Crippen LogP contribution is -2.21. The van der Waals surface area contributed by atoms with Crippen molar-refractivity contribution in [1.82, 2.24) is 0 Å². The maximum Gasteiger partial charge on any atom is 0.328 e. The van der Waals surface area contributed by atoms with E-state index in [1.807, 2.05) is 0 Å². The predicted octanol–water partition coefficient (Wildman–Crippen LogP) is 0.512. The van der Waals surface area contributed by atoms with Gasteiger partial charge in [0.2, 0.25) is 0 Å². The number of rotatable bonds is 6. The van der Waals surface area contributed by atoms with Crippen LogP contribution in [0.2, 0.25) is 0 Å². The summed E-state index contributed by atoms with van der Waals surface area (Å²) >= 11 is 0. The number of hydrogen-bond acceptors (Lipinski definition) is 5. The van der Waals surface area contributed by atoms with Crippen LogP contribution < -0.4 is 4.74 Å². The number of nitro benzene ring substituents is 1. The van der Waals surface area contributed by atoms with Crippen LogP contribution in [0.3, 0.4) is 0 Å². The lowest BCUT2D eigenvalue weighted by atomic mass is 10.3. The Bertz CT molecular complexity index is 454. The van der Waals surface area contributed by atoms with Crippen LogP contribution in [0.1, 0.15) is 0 Å². The SMILES string of the molecule is O=[N+]([O-])c1ccc(OCC(O)CP(=O)(O)O)cc1. The number of non-ortho nitro benzene ring substituents is 1. The maximum atomic E-state index is 10.6. The van der Waals surface area contributed by atoms with E-state index in [0.29, 0.717) is 0 Å². The number of ether oxygens (including phenoxy) is 1. The molecule has 0 radical (unpaired) electrons. The third-order valence-corrected chi connectivity index (χ3v) is 2.84. The summed E-state index contributed by atoms with van der Waals surface area (Å²) < 4.78 is 15.6. The van der Waals surface area contributed by atoms with Crippen LogP contribution in [0.25, 0.3) is 0 Å². The normalized spacial score (nSPS) is 13.1. The molecule has 1 aromatic carbocycles. The van der Waals surface area contributed by atoms with Crippen molar-refractivity contribution in [2.45, 2.75) is 6.10 Å². The van der Waals surface area contributed by atoms with Crippen LogP contribution in [0.5, 0.6) is 5.75 Å². The van der Waals surface area contributed by atoms with Gasteiger partial charge in [0.05, 0.1) is 17.2 Å². The zero-order valence-corrected chi connectivity index (χ0v) is 10.1. The van der Waals surface area contributed by atoms with Crippen LogP contribution >= 0.6 is 7.60 Å². The molecule has 3 N–H and O–H groups in total. The number of aliphatic hydroxyl groups excluding tert-OH is 1. The van der Waals surface area contributed by atoms with Gasteiger partial charge in [0.25, 0.3) is 5.69 Å². The van der Waals surface area contributed by atoms with E-state index in [4.69, 9.17) is 14.5 Å². The highest BCUT2D eigenvalue weighted by Crippen LogP contribution is 2.34. The van der Waals surface area contributed by atoms with Gasteiger partial charge in [-0.3, -0.25) is 14.7 Å². The molecule has 0 saturated heterocycles. The van der Waals surface area contributed by atoms with Gasteiger partial charge >= 0.3 is 7.60 Å². The van der Waals surface area contributed by atoms with Crippen LogP contribution in [-0.2, 0) is 4.57 Å². The van der Waals surface area contributed by atoms with Crippen LogP contribution in [0, 0.1) is 10.1 Å². The smallest absolute Gasteiger partial charge is 0.328 e. The maximum absolute atomic E-state index is 10.6. The summed E-state index contributed by atoms with van der Waals surface area (Å²) in [5.74, 6) is 0.269. The lowest BCUT2D eigenvalue weighted by molar-refractivity contribution is -0.384. The molecular formula is C9H12NO7P. The second kappa shape index (κ2) is 5.92. The Kier molecular flexibility index (Phi) is 4.80. The third kappa shape index (κ3) is 5.24. The molecule has 0 aliphatic rings. The van der Waals surface area contributed by atoms with Crippen molar-refractivity contribution in [2.24, 2.45) is 0 Å². The molecule has 0 aliphatic carbocycles. The van der Waals surface area contributed by atoms with Crippen molar-refractivity contribution < 1.29 is 29.1 Å². The minimum atomic E-state index is -4.28. The zero-order chi connectivity index (χ0) is 13.8. The van der Waals surface area contributed by atoms with Crippen molar-refractivity contribution in [2.75, 3.05) is 12.8 Å². The first-order chi connectivity index (χ1) is 8.28. The number of benzene rings is 1. The molecular weight excluding hydrogens is 265 g/mol. The molecule has 100 valence electrons. The summed E-state index contributed by atoms with van der Waals surface area (Å²) in [6.45, 7) is -0.303. The van der Waals surface area contributed by atoms with Crippen molar-refractivity contribution >= 4 is 13.3 Å². The van der Waals surface area contributed by atoms with E-state index in [1.54, 1.807) is 0 Å². The Morgan fingerprint density at radius 1 is 1.33 bits per heavy atom. The van der Waals surface area contributed by atoms with E-state index in [9.17, 15) is 19.8 Å². The molecule has 0 aliphatic heterocycles. The van der Waals surface area contributed by atoms with Crippen molar-refractivity contribution in [3.8, 4) is 5.75 Å². The molecule has 1 rings (SSSR count). The van der Waals surface area contributed by atoms with Gasteiger partial charge in [0.1, 0.15) is 12.4 Å². The van der Waals surface area contributed by atoms with Gasteiger partial charge in [0.15, 0.2) is 0 Å². The van der Waals surface area contributed by atoms with E-state index >= 15 is 0 Å². The fourth-order valence-corrected chi connectivity index (χ4v) is 1.84. The molecule has 1 unspecified atom stereocenters. The molecule has 0 amide bonds. The molecule has 0 saturated carbocycles. The quantitative estimate of drug-likeness (QED) is 0.392. The van der Waals surface area contributed by atoms with Gasteiger partial charge in [-0.15, -0.1) is 0 Å². The minimum absolute atomic E-state index is 0.0990. The number of hydrogen-bond donors (Lipinski definition) is 3. The third-order valence-electron chi connectivity index (χ3n) is 1.94. The standard InChI is InChI=1S/C9H12NO7P/c11-8(6-18(14,15)16)5-17-9-3-1-7(2-4-9)10(12)13/h1-4,8,11H,5-6H2,(H2,14,15,16). The topological polar surface area (TPSA) is 130 Å². The van der Waals surface area contributed by atoms with Crippen molar-refractivity contribution in [3.63, 3.8) is 0 Å². The zero-order valence-electron chi connectivity index (χ0n) is 9.17. The number of nitro groups is 1. The van der Waals surface area contributed by atoms with Crippen molar-refractivity contribution in [1.29, 1.82) is 0 Å². The van der Waals surface area contributed by atoms with E-state index in [0.717, 1.165) is 0 Å². The van der Waals surface area contributed by atoms with E-state index < -0.39 is 24.8 Å². The molecule has 0 heterocycles. The average Bonchev–Trinajstić information content (AvgIpc) is 2.24.